The van der Waals surface area contributed by atoms with Gasteiger partial charge in [0.25, 0.3) is 5.91 Å². The minimum absolute atomic E-state index is 0.231. The third-order valence-corrected chi connectivity index (χ3v) is 6.22. The quantitative estimate of drug-likeness (QED) is 0.343. The Balaban J connectivity index is 1.34. The smallest absolute Gasteiger partial charge is 0.263 e. The minimum atomic E-state index is -0.836. The van der Waals surface area contributed by atoms with Gasteiger partial charge in [-0.3, -0.25) is 9.59 Å². The number of halogens is 1. The van der Waals surface area contributed by atoms with Crippen LogP contribution in [0.2, 0.25) is 0 Å². The van der Waals surface area contributed by atoms with Crippen LogP contribution in [0, 0.1) is 5.82 Å². The highest BCUT2D eigenvalue weighted by atomic mass is 32.1. The van der Waals surface area contributed by atoms with E-state index in [9.17, 15) is 14.0 Å². The molecular weight excluding hydrogens is 475 g/mol. The molecule has 2 unspecified atom stereocenters. The lowest BCUT2D eigenvalue weighted by atomic mass is 10.1. The van der Waals surface area contributed by atoms with E-state index in [-0.39, 0.29) is 24.5 Å². The number of carbonyl (C=O) groups is 2. The summed E-state index contributed by atoms with van der Waals surface area (Å²) < 4.78 is 26.3. The van der Waals surface area contributed by atoms with Gasteiger partial charge in [-0.25, -0.2) is 14.4 Å². The zero-order valence-corrected chi connectivity index (χ0v) is 19.8. The summed E-state index contributed by atoms with van der Waals surface area (Å²) in [5.41, 5.74) is 0.561. The summed E-state index contributed by atoms with van der Waals surface area (Å²) in [5.74, 6) is -0.966. The van der Waals surface area contributed by atoms with Crippen molar-refractivity contribution in [2.45, 2.75) is 25.1 Å². The average molecular weight is 503 g/mol. The maximum atomic E-state index is 13.5. The fourth-order valence-corrected chi connectivity index (χ4v) is 4.23. The number of anilines is 1. The maximum Gasteiger partial charge on any atom is 0.263 e. The van der Waals surface area contributed by atoms with Crippen molar-refractivity contribution >= 4 is 28.3 Å². The second kappa shape index (κ2) is 12.4. The van der Waals surface area contributed by atoms with Crippen LogP contribution >= 0.6 is 11.3 Å². The first kappa shape index (κ1) is 24.8. The molecule has 186 valence electrons. The fourth-order valence-electron chi connectivity index (χ4n) is 3.47. The molecule has 3 N–H and O–H groups in total. The Morgan fingerprint density at radius 2 is 2.09 bits per heavy atom. The van der Waals surface area contributed by atoms with Crippen molar-refractivity contribution in [3.05, 3.63) is 65.4 Å². The normalized spacial score (nSPS) is 16.4. The molecule has 1 aliphatic rings. The van der Waals surface area contributed by atoms with Gasteiger partial charge < -0.3 is 30.0 Å². The lowest BCUT2D eigenvalue weighted by molar-refractivity contribution is -0.124. The number of amides is 2. The van der Waals surface area contributed by atoms with Crippen LogP contribution in [0.25, 0.3) is 0 Å². The topological polar surface area (TPSA) is 119 Å². The van der Waals surface area contributed by atoms with Gasteiger partial charge in [-0.05, 0) is 24.1 Å². The highest BCUT2D eigenvalue weighted by molar-refractivity contribution is 7.17. The van der Waals surface area contributed by atoms with Gasteiger partial charge in [-0.15, -0.1) is 0 Å². The van der Waals surface area contributed by atoms with Crippen molar-refractivity contribution in [1.29, 1.82) is 0 Å². The number of ether oxygens (including phenoxy) is 2. The second-order valence-electron chi connectivity index (χ2n) is 7.88. The van der Waals surface area contributed by atoms with E-state index in [2.05, 4.69) is 25.9 Å². The van der Waals surface area contributed by atoms with E-state index in [1.54, 1.807) is 12.5 Å². The van der Waals surface area contributed by atoms with Crippen molar-refractivity contribution in [1.82, 2.24) is 25.2 Å². The molecule has 4 rings (SSSR count). The van der Waals surface area contributed by atoms with Gasteiger partial charge in [0, 0.05) is 32.0 Å². The van der Waals surface area contributed by atoms with Gasteiger partial charge in [0.15, 0.2) is 5.13 Å². The lowest BCUT2D eigenvalue weighted by Gasteiger charge is -2.24. The van der Waals surface area contributed by atoms with Crippen LogP contribution in [0.3, 0.4) is 0 Å². The van der Waals surface area contributed by atoms with Crippen molar-refractivity contribution in [2.75, 3.05) is 38.2 Å². The number of hydrogen-bond donors (Lipinski definition) is 3. The molecule has 35 heavy (non-hydrogen) atoms. The molecule has 0 radical (unpaired) electrons. The van der Waals surface area contributed by atoms with E-state index in [1.165, 1.54) is 30.5 Å². The van der Waals surface area contributed by atoms with Crippen LogP contribution in [0.1, 0.15) is 27.7 Å². The second-order valence-corrected chi connectivity index (χ2v) is 8.91. The summed E-state index contributed by atoms with van der Waals surface area (Å²) in [5, 5.41) is 9.19. The third-order valence-electron chi connectivity index (χ3n) is 5.29. The number of nitrogens with one attached hydrogen (secondary N) is 3. The van der Waals surface area contributed by atoms with E-state index in [1.807, 2.05) is 10.8 Å². The Bertz CT molecular complexity index is 1090. The lowest BCUT2D eigenvalue weighted by Crippen LogP contribution is -2.42. The monoisotopic (exact) mass is 502 g/mol. The Hall–Kier alpha value is -3.35. The fraction of sp³-hybridized carbons (Fsp3) is 0.391. The SMILES string of the molecule is O=C(NCCCn1ccnc1)c1cnc(NC(C(=O)NCC2COCCO2)c2ccc(F)cc2)s1. The number of benzene rings is 1. The van der Waals surface area contributed by atoms with Crippen LogP contribution in [-0.4, -0.2) is 65.4 Å². The number of nitrogens with zero attached hydrogens (tertiary/aromatic N) is 3. The molecule has 0 aliphatic carbocycles. The molecule has 1 saturated heterocycles. The highest BCUT2D eigenvalue weighted by Crippen LogP contribution is 2.25. The van der Waals surface area contributed by atoms with Gasteiger partial charge in [-0.2, -0.15) is 0 Å². The first-order valence-electron chi connectivity index (χ1n) is 11.3. The van der Waals surface area contributed by atoms with Gasteiger partial charge in [0.1, 0.15) is 16.7 Å². The summed E-state index contributed by atoms with van der Waals surface area (Å²) in [6.07, 6.45) is 7.30. The number of aromatic nitrogens is 3. The average Bonchev–Trinajstić information content (AvgIpc) is 3.57. The summed E-state index contributed by atoms with van der Waals surface area (Å²) in [6, 6.07) is 4.82. The number of hydrogen-bond acceptors (Lipinski definition) is 8. The standard InChI is InChI=1S/C23H27FN6O4S/c24-17-4-2-16(3-5-17)20(22(32)27-12-18-14-33-10-11-34-18)29-23-28-13-19(35-23)21(31)26-6-1-8-30-9-7-25-15-30/h2-5,7,9,13,15,18,20H,1,6,8,10-12,14H2,(H,26,31)(H,27,32)(H,28,29). The summed E-state index contributed by atoms with van der Waals surface area (Å²) in [4.78, 5) is 34.2. The first-order valence-corrected chi connectivity index (χ1v) is 12.1. The van der Waals surface area contributed by atoms with Gasteiger partial charge >= 0.3 is 0 Å². The highest BCUT2D eigenvalue weighted by Gasteiger charge is 2.24. The van der Waals surface area contributed by atoms with Crippen LogP contribution in [0.15, 0.2) is 49.2 Å². The largest absolute Gasteiger partial charge is 0.376 e. The Labute approximate surface area is 205 Å². The van der Waals surface area contributed by atoms with E-state index in [0.29, 0.717) is 41.9 Å². The Morgan fingerprint density at radius 3 is 2.83 bits per heavy atom. The molecule has 2 aromatic heterocycles. The molecule has 0 bridgehead atoms. The molecule has 1 aliphatic heterocycles. The molecule has 3 heterocycles. The predicted octanol–water partition coefficient (Wildman–Crippen LogP) is 1.98. The van der Waals surface area contributed by atoms with Gasteiger partial charge in [0.2, 0.25) is 5.91 Å². The molecule has 3 aromatic rings. The number of rotatable bonds is 11. The number of thiazole rings is 1. The van der Waals surface area contributed by atoms with Crippen LogP contribution in [0.4, 0.5) is 9.52 Å². The minimum Gasteiger partial charge on any atom is -0.376 e. The molecule has 12 heteroatoms. The molecule has 0 spiro atoms. The zero-order valence-electron chi connectivity index (χ0n) is 19.0. The van der Waals surface area contributed by atoms with Gasteiger partial charge in [-0.1, -0.05) is 23.5 Å². The van der Waals surface area contributed by atoms with E-state index >= 15 is 0 Å². The molecule has 1 aromatic carbocycles. The molecule has 2 atom stereocenters. The van der Waals surface area contributed by atoms with E-state index in [0.717, 1.165) is 24.3 Å². The van der Waals surface area contributed by atoms with E-state index < -0.39 is 11.9 Å². The summed E-state index contributed by atoms with van der Waals surface area (Å²) in [7, 11) is 0. The number of carbonyl (C=O) groups excluding carboxylic acids is 2. The van der Waals surface area contributed by atoms with E-state index in [4.69, 9.17) is 9.47 Å². The molecule has 0 saturated carbocycles. The number of imidazole rings is 1. The molecule has 2 amide bonds. The Morgan fingerprint density at radius 1 is 1.23 bits per heavy atom. The van der Waals surface area contributed by atoms with Crippen LogP contribution in [0.5, 0.6) is 0 Å². The molecule has 1 fully saturated rings. The predicted molar refractivity (Wildman–Crippen MR) is 128 cm³/mol. The first-order chi connectivity index (χ1) is 17.1. The summed E-state index contributed by atoms with van der Waals surface area (Å²) >= 11 is 1.14. The van der Waals surface area contributed by atoms with Crippen molar-refractivity contribution in [3.8, 4) is 0 Å². The van der Waals surface area contributed by atoms with Crippen molar-refractivity contribution in [2.24, 2.45) is 0 Å². The third kappa shape index (κ3) is 7.31. The van der Waals surface area contributed by atoms with Crippen molar-refractivity contribution in [3.63, 3.8) is 0 Å². The van der Waals surface area contributed by atoms with Crippen LogP contribution < -0.4 is 16.0 Å². The molecule has 10 nitrogen and oxygen atoms in total. The Kier molecular flexibility index (Phi) is 8.76. The summed E-state index contributed by atoms with van der Waals surface area (Å²) in [6.45, 7) is 2.96. The van der Waals surface area contributed by atoms with Crippen LogP contribution in [-0.2, 0) is 20.8 Å². The van der Waals surface area contributed by atoms with Crippen molar-refractivity contribution < 1.29 is 23.5 Å². The zero-order chi connectivity index (χ0) is 24.5. The molecular formula is C23H27FN6O4S. The van der Waals surface area contributed by atoms with Gasteiger partial charge in [0.05, 0.1) is 38.4 Å². The maximum absolute atomic E-state index is 13.5. The number of aryl methyl sites for hydroxylation is 1.